The first kappa shape index (κ1) is 14.8. The van der Waals surface area contributed by atoms with E-state index in [1.807, 2.05) is 0 Å². The van der Waals surface area contributed by atoms with Crippen LogP contribution < -0.4 is 5.32 Å². The van der Waals surface area contributed by atoms with Crippen molar-refractivity contribution in [3.05, 3.63) is 0 Å². The van der Waals surface area contributed by atoms with E-state index >= 15 is 0 Å². The fraction of sp³-hybridized carbons (Fsp3) is 1.00. The third-order valence-electron chi connectivity index (χ3n) is 6.04. The van der Waals surface area contributed by atoms with Crippen LogP contribution in [0.2, 0.25) is 0 Å². The summed E-state index contributed by atoms with van der Waals surface area (Å²) in [5.41, 5.74) is 0.455. The van der Waals surface area contributed by atoms with Gasteiger partial charge in [-0.2, -0.15) is 0 Å². The van der Waals surface area contributed by atoms with Crippen molar-refractivity contribution in [1.82, 2.24) is 5.32 Å². The molecule has 1 aliphatic heterocycles. The molecular formula is C17H31NO2. The van der Waals surface area contributed by atoms with Crippen molar-refractivity contribution in [1.29, 1.82) is 0 Å². The Labute approximate surface area is 123 Å². The molecule has 1 spiro atoms. The van der Waals surface area contributed by atoms with Crippen LogP contribution in [0.1, 0.15) is 57.8 Å². The molecule has 1 heterocycles. The largest absolute Gasteiger partial charge is 0.381 e. The van der Waals surface area contributed by atoms with Gasteiger partial charge in [0.1, 0.15) is 0 Å². The van der Waals surface area contributed by atoms with Gasteiger partial charge >= 0.3 is 0 Å². The smallest absolute Gasteiger partial charge is 0.0661 e. The standard InChI is InChI=1S/C17H31NO2/c1-18-15-12-16(17(15)8-4-2-3-5-9-17)20-13-14-6-10-19-11-7-14/h14-16,18H,2-13H2,1H3. The molecule has 116 valence electrons. The minimum Gasteiger partial charge on any atom is -0.381 e. The van der Waals surface area contributed by atoms with E-state index in [1.54, 1.807) is 0 Å². The van der Waals surface area contributed by atoms with E-state index < -0.39 is 0 Å². The summed E-state index contributed by atoms with van der Waals surface area (Å²) >= 11 is 0. The topological polar surface area (TPSA) is 30.5 Å². The lowest BCUT2D eigenvalue weighted by Gasteiger charge is -2.56. The molecule has 3 heteroatoms. The summed E-state index contributed by atoms with van der Waals surface area (Å²) in [6.45, 7) is 2.83. The lowest BCUT2D eigenvalue weighted by atomic mass is 9.58. The average Bonchev–Trinajstić information content (AvgIpc) is 2.75. The quantitative estimate of drug-likeness (QED) is 0.859. The molecular weight excluding hydrogens is 250 g/mol. The fourth-order valence-electron chi connectivity index (χ4n) is 4.61. The predicted molar refractivity (Wildman–Crippen MR) is 80.9 cm³/mol. The van der Waals surface area contributed by atoms with E-state index in [-0.39, 0.29) is 0 Å². The molecule has 0 aromatic heterocycles. The highest BCUT2D eigenvalue weighted by Crippen LogP contribution is 2.52. The molecule has 3 rings (SSSR count). The Bertz CT molecular complexity index is 293. The second kappa shape index (κ2) is 6.76. The number of nitrogens with one attached hydrogen (secondary N) is 1. The molecule has 3 aliphatic rings. The molecule has 3 nitrogen and oxygen atoms in total. The van der Waals surface area contributed by atoms with Gasteiger partial charge in [0.15, 0.2) is 0 Å². The van der Waals surface area contributed by atoms with Crippen molar-refractivity contribution in [2.45, 2.75) is 69.9 Å². The van der Waals surface area contributed by atoms with Crippen molar-refractivity contribution in [3.8, 4) is 0 Å². The Morgan fingerprint density at radius 1 is 1.10 bits per heavy atom. The highest BCUT2D eigenvalue weighted by molar-refractivity contribution is 5.08. The third kappa shape index (κ3) is 2.90. The molecule has 1 saturated heterocycles. The van der Waals surface area contributed by atoms with E-state index in [0.717, 1.165) is 25.7 Å². The Morgan fingerprint density at radius 3 is 2.45 bits per heavy atom. The van der Waals surface area contributed by atoms with Crippen molar-refractivity contribution in [2.24, 2.45) is 11.3 Å². The lowest BCUT2D eigenvalue weighted by molar-refractivity contribution is -0.153. The number of hydrogen-bond donors (Lipinski definition) is 1. The van der Waals surface area contributed by atoms with E-state index in [1.165, 1.54) is 57.8 Å². The van der Waals surface area contributed by atoms with Crippen LogP contribution in [0, 0.1) is 11.3 Å². The van der Waals surface area contributed by atoms with E-state index in [2.05, 4.69) is 12.4 Å². The van der Waals surface area contributed by atoms with Gasteiger partial charge in [-0.15, -0.1) is 0 Å². The van der Waals surface area contributed by atoms with Crippen molar-refractivity contribution in [3.63, 3.8) is 0 Å². The Hall–Kier alpha value is -0.120. The molecule has 2 saturated carbocycles. The zero-order chi connectivity index (χ0) is 13.8. The van der Waals surface area contributed by atoms with E-state index in [0.29, 0.717) is 17.6 Å². The number of rotatable bonds is 4. The van der Waals surface area contributed by atoms with E-state index in [9.17, 15) is 0 Å². The van der Waals surface area contributed by atoms with Gasteiger partial charge in [-0.25, -0.2) is 0 Å². The second-order valence-electron chi connectivity index (χ2n) is 7.10. The Kier molecular flexibility index (Phi) is 5.00. The monoisotopic (exact) mass is 281 g/mol. The molecule has 1 N–H and O–H groups in total. The van der Waals surface area contributed by atoms with Crippen LogP contribution in [-0.2, 0) is 9.47 Å². The number of ether oxygens (including phenoxy) is 2. The highest BCUT2D eigenvalue weighted by atomic mass is 16.5. The summed E-state index contributed by atoms with van der Waals surface area (Å²) in [4.78, 5) is 0. The van der Waals surface area contributed by atoms with Gasteiger partial charge < -0.3 is 14.8 Å². The lowest BCUT2D eigenvalue weighted by Crippen LogP contribution is -2.63. The number of hydrogen-bond acceptors (Lipinski definition) is 3. The van der Waals surface area contributed by atoms with Crippen molar-refractivity contribution >= 4 is 0 Å². The van der Waals surface area contributed by atoms with Gasteiger partial charge in [0.05, 0.1) is 6.10 Å². The van der Waals surface area contributed by atoms with E-state index in [4.69, 9.17) is 9.47 Å². The summed E-state index contributed by atoms with van der Waals surface area (Å²) in [7, 11) is 2.13. The van der Waals surface area contributed by atoms with Crippen LogP contribution in [0.3, 0.4) is 0 Å². The van der Waals surface area contributed by atoms with Crippen LogP contribution >= 0.6 is 0 Å². The maximum absolute atomic E-state index is 6.40. The molecule has 0 amide bonds. The first-order valence-corrected chi connectivity index (χ1v) is 8.72. The van der Waals surface area contributed by atoms with Crippen LogP contribution in [0.5, 0.6) is 0 Å². The van der Waals surface area contributed by atoms with Gasteiger partial charge in [0.2, 0.25) is 0 Å². The van der Waals surface area contributed by atoms with Crippen molar-refractivity contribution < 1.29 is 9.47 Å². The maximum atomic E-state index is 6.40. The van der Waals surface area contributed by atoms with Gasteiger partial charge in [-0.1, -0.05) is 25.7 Å². The summed E-state index contributed by atoms with van der Waals surface area (Å²) in [5, 5.41) is 3.56. The Balaban J connectivity index is 1.55. The van der Waals surface area contributed by atoms with Crippen LogP contribution in [0.25, 0.3) is 0 Å². The molecule has 2 aliphatic carbocycles. The molecule has 0 aromatic carbocycles. The SMILES string of the molecule is CNC1CC(OCC2CCOCC2)C12CCCCCC2. The molecule has 2 unspecified atom stereocenters. The van der Waals surface area contributed by atoms with Crippen molar-refractivity contribution in [2.75, 3.05) is 26.9 Å². The molecule has 0 bridgehead atoms. The Morgan fingerprint density at radius 2 is 1.80 bits per heavy atom. The average molecular weight is 281 g/mol. The second-order valence-corrected chi connectivity index (χ2v) is 7.10. The molecule has 2 atom stereocenters. The molecule has 3 fully saturated rings. The summed E-state index contributed by atoms with van der Waals surface area (Å²) < 4.78 is 11.8. The minimum absolute atomic E-state index is 0.455. The molecule has 20 heavy (non-hydrogen) atoms. The van der Waals surface area contributed by atoms with Gasteiger partial charge in [0, 0.05) is 31.3 Å². The summed E-state index contributed by atoms with van der Waals surface area (Å²) in [5.74, 6) is 0.736. The first-order chi connectivity index (χ1) is 9.85. The third-order valence-corrected chi connectivity index (χ3v) is 6.04. The normalized spacial score (nSPS) is 34.6. The summed E-state index contributed by atoms with van der Waals surface area (Å²) in [6.07, 6.45) is 12.5. The molecule has 0 aromatic rings. The van der Waals surface area contributed by atoms with Crippen LogP contribution in [-0.4, -0.2) is 39.0 Å². The first-order valence-electron chi connectivity index (χ1n) is 8.72. The van der Waals surface area contributed by atoms with Gasteiger partial charge in [-0.3, -0.25) is 0 Å². The minimum atomic E-state index is 0.455. The zero-order valence-corrected chi connectivity index (χ0v) is 13.0. The fourth-order valence-corrected chi connectivity index (χ4v) is 4.61. The maximum Gasteiger partial charge on any atom is 0.0661 e. The predicted octanol–water partition coefficient (Wildman–Crippen LogP) is 3.13. The van der Waals surface area contributed by atoms with Crippen LogP contribution in [0.15, 0.2) is 0 Å². The zero-order valence-electron chi connectivity index (χ0n) is 13.0. The highest BCUT2D eigenvalue weighted by Gasteiger charge is 2.54. The van der Waals surface area contributed by atoms with Crippen LogP contribution in [0.4, 0.5) is 0 Å². The molecule has 0 radical (unpaired) electrons. The summed E-state index contributed by atoms with van der Waals surface area (Å²) in [6, 6.07) is 0.695. The van der Waals surface area contributed by atoms with Gasteiger partial charge in [-0.05, 0) is 45.1 Å². The van der Waals surface area contributed by atoms with Gasteiger partial charge in [0.25, 0.3) is 0 Å².